The van der Waals surface area contributed by atoms with Crippen LogP contribution in [0.2, 0.25) is 0 Å². The van der Waals surface area contributed by atoms with Crippen molar-refractivity contribution in [3.63, 3.8) is 0 Å². The summed E-state index contributed by atoms with van der Waals surface area (Å²) in [6.07, 6.45) is -3.61. The number of hydrogen-bond donors (Lipinski definition) is 4. The molecule has 0 bridgehead atoms. The van der Waals surface area contributed by atoms with Crippen LogP contribution in [0.4, 0.5) is 9.18 Å². The minimum Gasteiger partial charge on any atom is -0.461 e. The third-order valence-corrected chi connectivity index (χ3v) is 4.57. The number of aliphatic hydroxyl groups is 1. The molecule has 2 unspecified atom stereocenters. The minimum absolute atomic E-state index is 0.219. The highest BCUT2D eigenvalue weighted by Crippen LogP contribution is 2.36. The number of esters is 1. The highest BCUT2D eigenvalue weighted by Gasteiger charge is 2.58. The number of aliphatic hydroxyl groups excluding tert-OH is 1. The molecule has 2 heterocycles. The van der Waals surface area contributed by atoms with Crippen molar-refractivity contribution in [2.75, 3.05) is 13.2 Å². The van der Waals surface area contributed by atoms with Crippen molar-refractivity contribution < 1.29 is 28.6 Å². The highest BCUT2D eigenvalue weighted by atomic mass is 19.1. The van der Waals surface area contributed by atoms with Crippen molar-refractivity contribution in [3.05, 3.63) is 22.7 Å². The number of ether oxygens (including phenoxy) is 2. The van der Waals surface area contributed by atoms with Gasteiger partial charge in [0.05, 0.1) is 12.7 Å². The first-order chi connectivity index (χ1) is 13.1. The Labute approximate surface area is 160 Å². The standard InChI is InChI=1S/C15H24FN7O5/c1-7(2)10(18)13(25)27-6-15(5-20-22-19)11(24)9(16)12(28-15)23-4-3-8(17)21-14(23)26/h3-4,7-12,24H,5-6,17-18H2,1-2H3,(H,21,26)/t8?,9-,10?,11+,12-,15-/m1/s1. The van der Waals surface area contributed by atoms with Gasteiger partial charge in [-0.3, -0.25) is 9.69 Å². The fourth-order valence-electron chi connectivity index (χ4n) is 2.76. The van der Waals surface area contributed by atoms with Crippen molar-refractivity contribution >= 4 is 12.0 Å². The van der Waals surface area contributed by atoms with Crippen LogP contribution in [0.25, 0.3) is 10.4 Å². The number of nitrogens with zero attached hydrogens (tertiary/aromatic N) is 4. The van der Waals surface area contributed by atoms with Gasteiger partial charge in [0.2, 0.25) is 0 Å². The minimum atomic E-state index is -2.07. The maximum atomic E-state index is 14.8. The van der Waals surface area contributed by atoms with E-state index in [0.29, 0.717) is 0 Å². The van der Waals surface area contributed by atoms with Gasteiger partial charge in [-0.15, -0.1) is 0 Å². The van der Waals surface area contributed by atoms with Crippen LogP contribution in [0, 0.1) is 5.92 Å². The van der Waals surface area contributed by atoms with E-state index in [0.717, 1.165) is 4.90 Å². The predicted octanol–water partition coefficient (Wildman–Crippen LogP) is -0.559. The summed E-state index contributed by atoms with van der Waals surface area (Å²) < 4.78 is 25.5. The van der Waals surface area contributed by atoms with Crippen LogP contribution >= 0.6 is 0 Å². The number of rotatable bonds is 7. The third-order valence-electron chi connectivity index (χ3n) is 4.57. The molecule has 0 aliphatic carbocycles. The lowest BCUT2D eigenvalue weighted by molar-refractivity contribution is -0.167. The van der Waals surface area contributed by atoms with Crippen LogP contribution in [0.3, 0.4) is 0 Å². The van der Waals surface area contributed by atoms with Crippen LogP contribution < -0.4 is 16.8 Å². The quantitative estimate of drug-likeness (QED) is 0.190. The van der Waals surface area contributed by atoms with Gasteiger partial charge in [-0.05, 0) is 17.5 Å². The van der Waals surface area contributed by atoms with Gasteiger partial charge in [0.25, 0.3) is 0 Å². The van der Waals surface area contributed by atoms with E-state index < -0.39 is 61.5 Å². The van der Waals surface area contributed by atoms with Crippen LogP contribution in [-0.4, -0.2) is 71.5 Å². The zero-order valence-electron chi connectivity index (χ0n) is 15.4. The second-order valence-electron chi connectivity index (χ2n) is 6.95. The molecular formula is C15H24FN7O5. The summed E-state index contributed by atoms with van der Waals surface area (Å²) in [5.41, 5.74) is 18.0. The molecule has 0 saturated carbocycles. The Morgan fingerprint density at radius 2 is 2.32 bits per heavy atom. The van der Waals surface area contributed by atoms with Gasteiger partial charge in [0, 0.05) is 11.1 Å². The number of halogens is 1. The predicted molar refractivity (Wildman–Crippen MR) is 93.8 cm³/mol. The maximum absolute atomic E-state index is 14.8. The Morgan fingerprint density at radius 1 is 1.64 bits per heavy atom. The zero-order chi connectivity index (χ0) is 21.1. The van der Waals surface area contributed by atoms with Crippen LogP contribution in [0.15, 0.2) is 17.4 Å². The fraction of sp³-hybridized carbons (Fsp3) is 0.733. The smallest absolute Gasteiger partial charge is 0.325 e. The molecule has 6 atom stereocenters. The largest absolute Gasteiger partial charge is 0.461 e. The lowest BCUT2D eigenvalue weighted by atomic mass is 9.96. The van der Waals surface area contributed by atoms with Gasteiger partial charge >= 0.3 is 12.0 Å². The Bertz CT molecular complexity index is 686. The van der Waals surface area contributed by atoms with Gasteiger partial charge < -0.3 is 31.4 Å². The number of carbonyl (C=O) groups is 2. The lowest BCUT2D eigenvalue weighted by Gasteiger charge is -2.33. The molecule has 156 valence electrons. The summed E-state index contributed by atoms with van der Waals surface area (Å²) in [6, 6.07) is -1.68. The number of urea groups is 1. The van der Waals surface area contributed by atoms with Gasteiger partial charge in [0.15, 0.2) is 12.4 Å². The molecule has 2 aliphatic heterocycles. The molecule has 0 spiro atoms. The normalized spacial score (nSPS) is 33.4. The topological polar surface area (TPSA) is 189 Å². The SMILES string of the molecule is CC(C)C(N)C(=O)OC[C@@]1(CN=[N+]=[N-])O[C@@H](N2C=CC(N)NC2=O)[C@H](F)[C@@H]1O. The summed E-state index contributed by atoms with van der Waals surface area (Å²) in [5, 5.41) is 16.1. The van der Waals surface area contributed by atoms with Gasteiger partial charge in [-0.1, -0.05) is 19.0 Å². The van der Waals surface area contributed by atoms with Crippen molar-refractivity contribution in [2.24, 2.45) is 22.5 Å². The van der Waals surface area contributed by atoms with Gasteiger partial charge in [-0.25, -0.2) is 9.18 Å². The first-order valence-electron chi connectivity index (χ1n) is 8.58. The van der Waals surface area contributed by atoms with Crippen molar-refractivity contribution in [3.8, 4) is 0 Å². The van der Waals surface area contributed by atoms with E-state index in [1.54, 1.807) is 13.8 Å². The van der Waals surface area contributed by atoms with Gasteiger partial charge in [0.1, 0.15) is 24.4 Å². The molecule has 2 aliphatic rings. The summed E-state index contributed by atoms with van der Waals surface area (Å²) in [4.78, 5) is 27.6. The highest BCUT2D eigenvalue weighted by molar-refractivity contribution is 5.77. The number of alkyl halides is 1. The number of hydrogen-bond acceptors (Lipinski definition) is 8. The average molecular weight is 401 g/mol. The molecular weight excluding hydrogens is 377 g/mol. The monoisotopic (exact) mass is 401 g/mol. The molecule has 13 heteroatoms. The molecule has 0 aromatic carbocycles. The summed E-state index contributed by atoms with van der Waals surface area (Å²) >= 11 is 0. The first-order valence-corrected chi connectivity index (χ1v) is 8.58. The molecule has 28 heavy (non-hydrogen) atoms. The van der Waals surface area contributed by atoms with E-state index in [9.17, 15) is 19.1 Å². The number of carbonyl (C=O) groups excluding carboxylic acids is 2. The van der Waals surface area contributed by atoms with E-state index >= 15 is 0 Å². The van der Waals surface area contributed by atoms with Crippen LogP contribution in [0.1, 0.15) is 13.8 Å². The Balaban J connectivity index is 2.23. The van der Waals surface area contributed by atoms with E-state index in [1.807, 2.05) is 0 Å². The molecule has 1 fully saturated rings. The van der Waals surface area contributed by atoms with Crippen molar-refractivity contribution in [1.82, 2.24) is 10.2 Å². The second-order valence-corrected chi connectivity index (χ2v) is 6.95. The molecule has 0 radical (unpaired) electrons. The third kappa shape index (κ3) is 4.34. The maximum Gasteiger partial charge on any atom is 0.325 e. The van der Waals surface area contributed by atoms with E-state index in [-0.39, 0.29) is 5.92 Å². The Hall–Kier alpha value is -2.44. The van der Waals surface area contributed by atoms with Crippen LogP contribution in [-0.2, 0) is 14.3 Å². The number of nitrogens with two attached hydrogens (primary N) is 2. The molecule has 12 nitrogen and oxygen atoms in total. The Morgan fingerprint density at radius 3 is 2.89 bits per heavy atom. The number of azide groups is 1. The van der Waals surface area contributed by atoms with E-state index in [4.69, 9.17) is 26.5 Å². The first kappa shape index (κ1) is 21.9. The number of amides is 2. The zero-order valence-corrected chi connectivity index (χ0v) is 15.4. The number of nitrogens with one attached hydrogen (secondary N) is 1. The second kappa shape index (κ2) is 8.71. The van der Waals surface area contributed by atoms with E-state index in [2.05, 4.69) is 15.3 Å². The fourth-order valence-corrected chi connectivity index (χ4v) is 2.76. The summed E-state index contributed by atoms with van der Waals surface area (Å²) in [5.74, 6) is -1.00. The summed E-state index contributed by atoms with van der Waals surface area (Å²) in [7, 11) is 0. The van der Waals surface area contributed by atoms with Gasteiger partial charge in [-0.2, -0.15) is 0 Å². The average Bonchev–Trinajstić information content (AvgIpc) is 2.89. The summed E-state index contributed by atoms with van der Waals surface area (Å²) in [6.45, 7) is 2.26. The molecule has 2 amide bonds. The molecule has 1 saturated heterocycles. The molecule has 0 aromatic rings. The molecule has 6 N–H and O–H groups in total. The van der Waals surface area contributed by atoms with Crippen LogP contribution in [0.5, 0.6) is 0 Å². The lowest BCUT2D eigenvalue weighted by Crippen LogP contribution is -2.54. The molecule has 0 aromatic heterocycles. The molecule has 2 rings (SSSR count). The van der Waals surface area contributed by atoms with E-state index in [1.165, 1.54) is 12.3 Å². The van der Waals surface area contributed by atoms with Crippen molar-refractivity contribution in [1.29, 1.82) is 0 Å². The Kier molecular flexibility index (Phi) is 6.80. The van der Waals surface area contributed by atoms with Crippen molar-refractivity contribution in [2.45, 2.75) is 50.2 Å².